The molecule has 1 N–H and O–H groups in total. The summed E-state index contributed by atoms with van der Waals surface area (Å²) in [5.41, 5.74) is 1.55. The Hall–Kier alpha value is -2.65. The molecule has 0 saturated carbocycles. The zero-order valence-electron chi connectivity index (χ0n) is 16.1. The Bertz CT molecular complexity index is 857. The molecule has 1 aromatic heterocycles. The molecule has 0 radical (unpaired) electrons. The predicted molar refractivity (Wildman–Crippen MR) is 114 cm³/mol. The summed E-state index contributed by atoms with van der Waals surface area (Å²) in [6.07, 6.45) is 4.11. The number of hydrogen-bond acceptors (Lipinski definition) is 4. The number of benzene rings is 1. The first-order valence-corrected chi connectivity index (χ1v) is 10.1. The van der Waals surface area contributed by atoms with Crippen LogP contribution in [0.2, 0.25) is 0 Å². The van der Waals surface area contributed by atoms with Gasteiger partial charge in [0.05, 0.1) is 18.3 Å². The third-order valence-electron chi connectivity index (χ3n) is 4.03. The molecule has 0 spiro atoms. The van der Waals surface area contributed by atoms with Crippen molar-refractivity contribution in [3.05, 3.63) is 63.9 Å². The average molecular weight is 442 g/mol. The molecule has 1 atom stereocenters. The standard InChI is InChI=1S/C22H24BrN3O2/c1-3-6-20(16-9-11-19(12-10-16)28-13-4-2)26-22(27)17(15-24)14-18-7-5-8-21(23)25-18/h5,7-12,14,20H,3-4,6,13H2,1-2H3,(H,26,27)/b17-14+. The number of aromatic nitrogens is 1. The van der Waals surface area contributed by atoms with E-state index in [1.807, 2.05) is 30.3 Å². The third-order valence-corrected chi connectivity index (χ3v) is 4.47. The molecule has 5 nitrogen and oxygen atoms in total. The fraction of sp³-hybridized carbons (Fsp3) is 0.318. The van der Waals surface area contributed by atoms with Crippen LogP contribution in [0.3, 0.4) is 0 Å². The summed E-state index contributed by atoms with van der Waals surface area (Å²) in [7, 11) is 0. The summed E-state index contributed by atoms with van der Waals surface area (Å²) in [4.78, 5) is 16.9. The molecule has 0 fully saturated rings. The summed E-state index contributed by atoms with van der Waals surface area (Å²) in [6, 6.07) is 14.9. The summed E-state index contributed by atoms with van der Waals surface area (Å²) >= 11 is 3.29. The highest BCUT2D eigenvalue weighted by molar-refractivity contribution is 9.10. The maximum atomic E-state index is 12.7. The first kappa shape index (κ1) is 21.6. The highest BCUT2D eigenvalue weighted by Gasteiger charge is 2.17. The van der Waals surface area contributed by atoms with Gasteiger partial charge >= 0.3 is 0 Å². The summed E-state index contributed by atoms with van der Waals surface area (Å²) in [5, 5.41) is 12.4. The first-order chi connectivity index (χ1) is 13.6. The lowest BCUT2D eigenvalue weighted by molar-refractivity contribution is -0.117. The van der Waals surface area contributed by atoms with Gasteiger partial charge in [-0.05, 0) is 64.7 Å². The van der Waals surface area contributed by atoms with Gasteiger partial charge in [-0.3, -0.25) is 4.79 Å². The van der Waals surface area contributed by atoms with E-state index >= 15 is 0 Å². The van der Waals surface area contributed by atoms with Gasteiger partial charge in [0.1, 0.15) is 22.0 Å². The molecule has 1 amide bonds. The number of hydrogen-bond donors (Lipinski definition) is 1. The number of pyridine rings is 1. The fourth-order valence-electron chi connectivity index (χ4n) is 2.66. The molecule has 1 heterocycles. The smallest absolute Gasteiger partial charge is 0.262 e. The molecule has 28 heavy (non-hydrogen) atoms. The van der Waals surface area contributed by atoms with Crippen LogP contribution in [0.5, 0.6) is 5.75 Å². The molecule has 0 bridgehead atoms. The number of ether oxygens (including phenoxy) is 1. The van der Waals surface area contributed by atoms with Crippen LogP contribution in [0, 0.1) is 11.3 Å². The van der Waals surface area contributed by atoms with Crippen LogP contribution in [0.15, 0.2) is 52.6 Å². The van der Waals surface area contributed by atoms with Crippen LogP contribution in [-0.2, 0) is 4.79 Å². The minimum Gasteiger partial charge on any atom is -0.494 e. The molecule has 2 aromatic rings. The van der Waals surface area contributed by atoms with Gasteiger partial charge in [-0.2, -0.15) is 5.26 Å². The summed E-state index contributed by atoms with van der Waals surface area (Å²) in [5.74, 6) is 0.402. The van der Waals surface area contributed by atoms with E-state index in [1.165, 1.54) is 6.08 Å². The van der Waals surface area contributed by atoms with Gasteiger partial charge in [0, 0.05) is 0 Å². The Balaban J connectivity index is 2.15. The Morgan fingerprint density at radius 1 is 1.25 bits per heavy atom. The molecular formula is C22H24BrN3O2. The number of nitrogens with one attached hydrogen (secondary N) is 1. The van der Waals surface area contributed by atoms with Crippen molar-refractivity contribution in [1.29, 1.82) is 5.26 Å². The lowest BCUT2D eigenvalue weighted by Crippen LogP contribution is -2.29. The van der Waals surface area contributed by atoms with Crippen molar-refractivity contribution in [2.45, 2.75) is 39.2 Å². The van der Waals surface area contributed by atoms with Gasteiger partial charge in [-0.15, -0.1) is 0 Å². The van der Waals surface area contributed by atoms with E-state index in [0.29, 0.717) is 16.9 Å². The summed E-state index contributed by atoms with van der Waals surface area (Å²) < 4.78 is 6.26. The van der Waals surface area contributed by atoms with Crippen molar-refractivity contribution in [1.82, 2.24) is 10.3 Å². The largest absolute Gasteiger partial charge is 0.494 e. The highest BCUT2D eigenvalue weighted by atomic mass is 79.9. The Morgan fingerprint density at radius 3 is 2.61 bits per heavy atom. The normalized spacial score (nSPS) is 12.1. The Kier molecular flexibility index (Phi) is 8.70. The monoisotopic (exact) mass is 441 g/mol. The van der Waals surface area contributed by atoms with Gasteiger partial charge in [-0.1, -0.05) is 38.5 Å². The first-order valence-electron chi connectivity index (χ1n) is 9.35. The van der Waals surface area contributed by atoms with Crippen LogP contribution in [0.4, 0.5) is 0 Å². The fourth-order valence-corrected chi connectivity index (χ4v) is 3.02. The Labute approximate surface area is 174 Å². The van der Waals surface area contributed by atoms with E-state index in [-0.39, 0.29) is 11.6 Å². The molecular weight excluding hydrogens is 418 g/mol. The second kappa shape index (κ2) is 11.3. The van der Waals surface area contributed by atoms with Gasteiger partial charge in [0.15, 0.2) is 0 Å². The molecule has 0 aliphatic heterocycles. The van der Waals surface area contributed by atoms with E-state index in [0.717, 1.165) is 30.6 Å². The van der Waals surface area contributed by atoms with Crippen molar-refractivity contribution in [2.24, 2.45) is 0 Å². The molecule has 2 rings (SSSR count). The molecule has 1 aromatic carbocycles. The number of rotatable bonds is 9. The number of carbonyl (C=O) groups is 1. The topological polar surface area (TPSA) is 75.0 Å². The molecule has 0 aliphatic rings. The number of carbonyl (C=O) groups excluding carboxylic acids is 1. The van der Waals surface area contributed by atoms with E-state index < -0.39 is 5.91 Å². The average Bonchev–Trinajstić information content (AvgIpc) is 2.70. The van der Waals surface area contributed by atoms with Crippen LogP contribution >= 0.6 is 15.9 Å². The number of nitrogens with zero attached hydrogens (tertiary/aromatic N) is 2. The van der Waals surface area contributed by atoms with Gasteiger partial charge in [0.2, 0.25) is 0 Å². The molecule has 0 saturated heterocycles. The zero-order valence-corrected chi connectivity index (χ0v) is 17.7. The highest BCUT2D eigenvalue weighted by Crippen LogP contribution is 2.22. The lowest BCUT2D eigenvalue weighted by atomic mass is 10.0. The van der Waals surface area contributed by atoms with Crippen molar-refractivity contribution < 1.29 is 9.53 Å². The van der Waals surface area contributed by atoms with Crippen LogP contribution in [0.25, 0.3) is 6.08 Å². The van der Waals surface area contributed by atoms with E-state index in [4.69, 9.17) is 4.74 Å². The maximum absolute atomic E-state index is 12.7. The maximum Gasteiger partial charge on any atom is 0.262 e. The van der Waals surface area contributed by atoms with Gasteiger partial charge < -0.3 is 10.1 Å². The van der Waals surface area contributed by atoms with Gasteiger partial charge in [-0.25, -0.2) is 4.98 Å². The predicted octanol–water partition coefficient (Wildman–Crippen LogP) is 5.20. The number of nitriles is 1. The van der Waals surface area contributed by atoms with E-state index in [1.54, 1.807) is 18.2 Å². The molecule has 146 valence electrons. The van der Waals surface area contributed by atoms with E-state index in [2.05, 4.69) is 40.1 Å². The zero-order chi connectivity index (χ0) is 20.4. The van der Waals surface area contributed by atoms with Gasteiger partial charge in [0.25, 0.3) is 5.91 Å². The van der Waals surface area contributed by atoms with Crippen LogP contribution < -0.4 is 10.1 Å². The minimum absolute atomic E-state index is 0.0228. The van der Waals surface area contributed by atoms with Crippen molar-refractivity contribution in [3.63, 3.8) is 0 Å². The van der Waals surface area contributed by atoms with Crippen molar-refractivity contribution in [2.75, 3.05) is 6.61 Å². The van der Waals surface area contributed by atoms with E-state index in [9.17, 15) is 10.1 Å². The Morgan fingerprint density at radius 2 is 2.00 bits per heavy atom. The van der Waals surface area contributed by atoms with Crippen molar-refractivity contribution in [3.8, 4) is 11.8 Å². The SMILES string of the molecule is CCCOc1ccc(C(CCC)NC(=O)/C(C#N)=C/c2cccc(Br)n2)cc1. The second-order valence-corrected chi connectivity index (χ2v) is 7.10. The second-order valence-electron chi connectivity index (χ2n) is 6.29. The van der Waals surface area contributed by atoms with Crippen LogP contribution in [-0.4, -0.2) is 17.5 Å². The quantitative estimate of drug-likeness (QED) is 0.329. The third kappa shape index (κ3) is 6.50. The molecule has 1 unspecified atom stereocenters. The minimum atomic E-state index is -0.408. The lowest BCUT2D eigenvalue weighted by Gasteiger charge is -2.19. The summed E-state index contributed by atoms with van der Waals surface area (Å²) in [6.45, 7) is 4.80. The number of amides is 1. The van der Waals surface area contributed by atoms with Crippen LogP contribution in [0.1, 0.15) is 50.4 Å². The number of halogens is 1. The molecule has 6 heteroatoms. The van der Waals surface area contributed by atoms with Crippen molar-refractivity contribution >= 4 is 27.9 Å². The molecule has 0 aliphatic carbocycles.